The lowest BCUT2D eigenvalue weighted by atomic mass is 10.1. The van der Waals surface area contributed by atoms with E-state index in [9.17, 15) is 4.79 Å². The Hall–Kier alpha value is -3.17. The van der Waals surface area contributed by atoms with Gasteiger partial charge in [-0.05, 0) is 43.2 Å². The largest absolute Gasteiger partial charge is 0.482 e. The SMILES string of the molecule is Cc1nc(-c2ccc3c(c2)CCN3C(=O)COc2ccccc2C#N)cs1. The second-order valence-electron chi connectivity index (χ2n) is 6.29. The molecule has 1 amide bonds. The minimum absolute atomic E-state index is 0.0921. The molecule has 134 valence electrons. The van der Waals surface area contributed by atoms with Crippen LogP contribution in [0.25, 0.3) is 11.3 Å². The molecule has 6 heteroatoms. The monoisotopic (exact) mass is 375 g/mol. The van der Waals surface area contributed by atoms with E-state index in [1.165, 1.54) is 0 Å². The fourth-order valence-electron chi connectivity index (χ4n) is 3.22. The Labute approximate surface area is 161 Å². The van der Waals surface area contributed by atoms with Crippen LogP contribution in [-0.2, 0) is 11.2 Å². The van der Waals surface area contributed by atoms with E-state index in [1.807, 2.05) is 19.1 Å². The summed E-state index contributed by atoms with van der Waals surface area (Å²) >= 11 is 1.63. The third-order valence-electron chi connectivity index (χ3n) is 4.55. The summed E-state index contributed by atoms with van der Waals surface area (Å²) < 4.78 is 5.59. The number of aryl methyl sites for hydroxylation is 1. The summed E-state index contributed by atoms with van der Waals surface area (Å²) in [6.07, 6.45) is 0.812. The molecule has 1 aliphatic rings. The maximum Gasteiger partial charge on any atom is 0.264 e. The number of thiazole rings is 1. The summed E-state index contributed by atoms with van der Waals surface area (Å²) in [6, 6.07) is 15.1. The number of ether oxygens (including phenoxy) is 1. The molecular weight excluding hydrogens is 358 g/mol. The van der Waals surface area contributed by atoms with Crippen LogP contribution in [0.15, 0.2) is 47.8 Å². The molecule has 0 atom stereocenters. The van der Waals surface area contributed by atoms with E-state index >= 15 is 0 Å². The predicted molar refractivity (Wildman–Crippen MR) is 105 cm³/mol. The molecule has 2 aromatic carbocycles. The highest BCUT2D eigenvalue weighted by atomic mass is 32.1. The molecule has 0 N–H and O–H groups in total. The van der Waals surface area contributed by atoms with E-state index in [0.717, 1.165) is 33.9 Å². The van der Waals surface area contributed by atoms with E-state index in [4.69, 9.17) is 10.00 Å². The second kappa shape index (κ2) is 7.22. The molecule has 3 aromatic rings. The van der Waals surface area contributed by atoms with Crippen LogP contribution in [0, 0.1) is 18.3 Å². The van der Waals surface area contributed by atoms with Crippen LogP contribution < -0.4 is 9.64 Å². The molecular formula is C21H17N3O2S. The topological polar surface area (TPSA) is 66.2 Å². The first-order valence-electron chi connectivity index (χ1n) is 8.63. The minimum atomic E-state index is -0.112. The van der Waals surface area contributed by atoms with Crippen molar-refractivity contribution in [3.63, 3.8) is 0 Å². The van der Waals surface area contributed by atoms with Crippen LogP contribution in [-0.4, -0.2) is 24.0 Å². The summed E-state index contributed by atoms with van der Waals surface area (Å²) in [6.45, 7) is 2.54. The Morgan fingerprint density at radius 2 is 2.19 bits per heavy atom. The summed E-state index contributed by atoms with van der Waals surface area (Å²) in [5, 5.41) is 12.2. The van der Waals surface area contributed by atoms with Gasteiger partial charge in [0.1, 0.15) is 11.8 Å². The van der Waals surface area contributed by atoms with E-state index in [1.54, 1.807) is 40.5 Å². The maximum atomic E-state index is 12.6. The molecule has 0 fully saturated rings. The van der Waals surface area contributed by atoms with Crippen LogP contribution in [0.2, 0.25) is 0 Å². The van der Waals surface area contributed by atoms with Crippen molar-refractivity contribution in [3.8, 4) is 23.1 Å². The summed E-state index contributed by atoms with van der Waals surface area (Å²) in [5.74, 6) is 0.320. The number of nitriles is 1. The molecule has 0 saturated carbocycles. The first-order valence-corrected chi connectivity index (χ1v) is 9.51. The molecule has 0 unspecified atom stereocenters. The molecule has 0 saturated heterocycles. The van der Waals surface area contributed by atoms with E-state index < -0.39 is 0 Å². The van der Waals surface area contributed by atoms with Crippen molar-refractivity contribution in [2.24, 2.45) is 0 Å². The quantitative estimate of drug-likeness (QED) is 0.692. The van der Waals surface area contributed by atoms with Crippen molar-refractivity contribution in [2.45, 2.75) is 13.3 Å². The van der Waals surface area contributed by atoms with E-state index in [0.29, 0.717) is 17.9 Å². The number of hydrogen-bond acceptors (Lipinski definition) is 5. The van der Waals surface area contributed by atoms with Gasteiger partial charge < -0.3 is 9.64 Å². The highest BCUT2D eigenvalue weighted by molar-refractivity contribution is 7.09. The van der Waals surface area contributed by atoms with Gasteiger partial charge in [-0.1, -0.05) is 18.2 Å². The van der Waals surface area contributed by atoms with Gasteiger partial charge >= 0.3 is 0 Å². The zero-order chi connectivity index (χ0) is 18.8. The number of carbonyl (C=O) groups excluding carboxylic acids is 1. The second-order valence-corrected chi connectivity index (χ2v) is 7.35. The smallest absolute Gasteiger partial charge is 0.264 e. The van der Waals surface area contributed by atoms with Crippen LogP contribution in [0.5, 0.6) is 5.75 Å². The number of benzene rings is 2. The van der Waals surface area contributed by atoms with Gasteiger partial charge in [0.05, 0.1) is 16.3 Å². The third kappa shape index (κ3) is 3.42. The lowest BCUT2D eigenvalue weighted by Gasteiger charge is -2.18. The first-order chi connectivity index (χ1) is 13.2. The van der Waals surface area contributed by atoms with Gasteiger partial charge in [-0.2, -0.15) is 5.26 Å². The predicted octanol–water partition coefficient (Wildman–Crippen LogP) is 3.96. The van der Waals surface area contributed by atoms with Crippen molar-refractivity contribution in [3.05, 3.63) is 64.0 Å². The van der Waals surface area contributed by atoms with E-state index in [2.05, 4.69) is 22.5 Å². The van der Waals surface area contributed by atoms with Crippen LogP contribution >= 0.6 is 11.3 Å². The first kappa shape index (κ1) is 17.3. The van der Waals surface area contributed by atoms with Crippen molar-refractivity contribution < 1.29 is 9.53 Å². The van der Waals surface area contributed by atoms with Crippen molar-refractivity contribution in [2.75, 3.05) is 18.1 Å². The van der Waals surface area contributed by atoms with Crippen LogP contribution in [0.3, 0.4) is 0 Å². The number of hydrogen-bond donors (Lipinski definition) is 0. The number of rotatable bonds is 4. The van der Waals surface area contributed by atoms with E-state index in [-0.39, 0.29) is 12.5 Å². The summed E-state index contributed by atoms with van der Waals surface area (Å²) in [5.41, 5.74) is 4.54. The van der Waals surface area contributed by atoms with Gasteiger partial charge in [0.15, 0.2) is 6.61 Å². The summed E-state index contributed by atoms with van der Waals surface area (Å²) in [4.78, 5) is 18.9. The molecule has 1 aromatic heterocycles. The van der Waals surface area contributed by atoms with Gasteiger partial charge in [0.25, 0.3) is 5.91 Å². The molecule has 27 heavy (non-hydrogen) atoms. The molecule has 4 rings (SSSR count). The molecule has 0 spiro atoms. The maximum absolute atomic E-state index is 12.6. The number of fused-ring (bicyclic) bond motifs is 1. The Bertz CT molecular complexity index is 1050. The highest BCUT2D eigenvalue weighted by Crippen LogP contribution is 2.33. The number of nitrogens with zero attached hydrogens (tertiary/aromatic N) is 3. The zero-order valence-electron chi connectivity index (χ0n) is 14.8. The molecule has 1 aliphatic heterocycles. The Kier molecular flexibility index (Phi) is 4.61. The third-order valence-corrected chi connectivity index (χ3v) is 5.32. The van der Waals surface area contributed by atoms with Crippen molar-refractivity contribution in [1.29, 1.82) is 5.26 Å². The minimum Gasteiger partial charge on any atom is -0.482 e. The highest BCUT2D eigenvalue weighted by Gasteiger charge is 2.25. The number of anilines is 1. The number of carbonyl (C=O) groups is 1. The summed E-state index contributed by atoms with van der Waals surface area (Å²) in [7, 11) is 0. The lowest BCUT2D eigenvalue weighted by Crippen LogP contribution is -2.33. The van der Waals surface area contributed by atoms with Crippen LogP contribution in [0.4, 0.5) is 5.69 Å². The van der Waals surface area contributed by atoms with Gasteiger partial charge in [-0.15, -0.1) is 11.3 Å². The van der Waals surface area contributed by atoms with Gasteiger partial charge in [-0.25, -0.2) is 4.98 Å². The van der Waals surface area contributed by atoms with Gasteiger partial charge in [0, 0.05) is 23.2 Å². The number of para-hydroxylation sites is 1. The van der Waals surface area contributed by atoms with Crippen molar-refractivity contribution in [1.82, 2.24) is 4.98 Å². The standard InChI is InChI=1S/C21H17N3O2S/c1-14-23-18(13-27-14)15-6-7-19-16(10-15)8-9-24(19)21(25)12-26-20-5-3-2-4-17(20)11-22/h2-7,10,13H,8-9,12H2,1H3. The van der Waals surface area contributed by atoms with Crippen LogP contribution in [0.1, 0.15) is 16.1 Å². The van der Waals surface area contributed by atoms with Gasteiger partial charge in [0.2, 0.25) is 0 Å². The Balaban J connectivity index is 1.49. The number of aromatic nitrogens is 1. The zero-order valence-corrected chi connectivity index (χ0v) is 15.6. The Morgan fingerprint density at radius 1 is 1.33 bits per heavy atom. The van der Waals surface area contributed by atoms with Gasteiger partial charge in [-0.3, -0.25) is 4.79 Å². The average molecular weight is 375 g/mol. The fourth-order valence-corrected chi connectivity index (χ4v) is 3.84. The molecule has 0 radical (unpaired) electrons. The normalized spacial score (nSPS) is 12.5. The lowest BCUT2D eigenvalue weighted by molar-refractivity contribution is -0.120. The molecule has 5 nitrogen and oxygen atoms in total. The van der Waals surface area contributed by atoms with Crippen molar-refractivity contribution >= 4 is 22.9 Å². The fraction of sp³-hybridized carbons (Fsp3) is 0.190. The number of amides is 1. The molecule has 0 aliphatic carbocycles. The molecule has 0 bridgehead atoms. The average Bonchev–Trinajstić information content (AvgIpc) is 3.32. The molecule has 2 heterocycles. The Morgan fingerprint density at radius 3 is 2.96 bits per heavy atom.